The summed E-state index contributed by atoms with van der Waals surface area (Å²) in [6.45, 7) is 12.4. The number of rotatable bonds is 20. The molecule has 0 aliphatic heterocycles. The highest BCUT2D eigenvalue weighted by molar-refractivity contribution is 5.87. The molecule has 12 nitrogen and oxygen atoms in total. The van der Waals surface area contributed by atoms with Crippen molar-refractivity contribution in [1.82, 2.24) is 16.0 Å². The van der Waals surface area contributed by atoms with Crippen molar-refractivity contribution in [3.8, 4) is 0 Å². The summed E-state index contributed by atoms with van der Waals surface area (Å²) in [6.07, 6.45) is 0.533. The molecule has 0 saturated heterocycles. The molecule has 0 aromatic heterocycles. The minimum Gasteiger partial charge on any atom is -0.465 e. The van der Waals surface area contributed by atoms with Gasteiger partial charge < -0.3 is 34.9 Å². The van der Waals surface area contributed by atoms with Gasteiger partial charge in [0.1, 0.15) is 18.7 Å². The molecule has 12 heteroatoms. The molecule has 0 saturated carbocycles. The lowest BCUT2D eigenvalue weighted by Gasteiger charge is -2.22. The lowest BCUT2D eigenvalue weighted by molar-refractivity contribution is -0.148. The van der Waals surface area contributed by atoms with Crippen LogP contribution in [0.25, 0.3) is 0 Å². The van der Waals surface area contributed by atoms with E-state index in [2.05, 4.69) is 16.0 Å². The Balaban J connectivity index is 2.70. The number of alkyl carbamates (subject to hydrolysis) is 1. The van der Waals surface area contributed by atoms with Gasteiger partial charge in [-0.05, 0) is 49.0 Å². The quantitative estimate of drug-likeness (QED) is 0.108. The number of unbranched alkanes of at least 4 members (excludes halogenated alkanes) is 1. The van der Waals surface area contributed by atoms with Gasteiger partial charge in [-0.3, -0.25) is 4.79 Å². The van der Waals surface area contributed by atoms with Gasteiger partial charge in [0.2, 0.25) is 0 Å². The number of hydrogen-bond donors (Lipinski definition) is 3. The van der Waals surface area contributed by atoms with Gasteiger partial charge in [0.05, 0.1) is 19.8 Å². The molecule has 3 amide bonds. The monoisotopic (exact) mass is 621 g/mol. The van der Waals surface area contributed by atoms with Crippen molar-refractivity contribution in [1.29, 1.82) is 0 Å². The van der Waals surface area contributed by atoms with Gasteiger partial charge in [0.25, 0.3) is 0 Å². The predicted octanol–water partition coefficient (Wildman–Crippen LogP) is 4.50. The first-order valence-corrected chi connectivity index (χ1v) is 15.4. The van der Waals surface area contributed by atoms with E-state index >= 15 is 0 Å². The van der Waals surface area contributed by atoms with Gasteiger partial charge in [-0.2, -0.15) is 0 Å². The lowest BCUT2D eigenvalue weighted by Crippen LogP contribution is -2.52. The van der Waals surface area contributed by atoms with E-state index in [1.54, 1.807) is 0 Å². The first kappa shape index (κ1) is 38.2. The molecule has 0 heterocycles. The standard InChI is InChI=1S/C32H51N3O9/c1-22(2)18-41-28(36)16-15-27(30(38)43-20-24(5)6)35-31(39)34-26(29(37)42-19-23(3)4)14-10-11-17-33-32(40)44-21-25-12-8-7-9-13-25/h7-9,12-13,22-24,26-27H,10-11,14-21H2,1-6H3,(H,33,40)(H2,34,35,39)/t26-,27?/m0/s1. The summed E-state index contributed by atoms with van der Waals surface area (Å²) in [7, 11) is 0. The Morgan fingerprint density at radius 3 is 1.73 bits per heavy atom. The van der Waals surface area contributed by atoms with Crippen LogP contribution < -0.4 is 16.0 Å². The number of benzene rings is 1. The van der Waals surface area contributed by atoms with E-state index in [9.17, 15) is 24.0 Å². The molecule has 1 unspecified atom stereocenters. The molecular formula is C32H51N3O9. The third kappa shape index (κ3) is 18.7. The van der Waals surface area contributed by atoms with Gasteiger partial charge in [0, 0.05) is 13.0 Å². The maximum Gasteiger partial charge on any atom is 0.407 e. The zero-order chi connectivity index (χ0) is 32.9. The second-order valence-corrected chi connectivity index (χ2v) is 11.9. The Kier molecular flexibility index (Phi) is 18.9. The normalized spacial score (nSPS) is 12.3. The smallest absolute Gasteiger partial charge is 0.407 e. The molecule has 1 aromatic carbocycles. The van der Waals surface area contributed by atoms with Crippen LogP contribution in [0.3, 0.4) is 0 Å². The number of carbonyl (C=O) groups is 5. The molecule has 2 atom stereocenters. The third-order valence-corrected chi connectivity index (χ3v) is 5.91. The van der Waals surface area contributed by atoms with Gasteiger partial charge in [0.15, 0.2) is 0 Å². The van der Waals surface area contributed by atoms with Crippen LogP contribution in [0.1, 0.15) is 79.2 Å². The van der Waals surface area contributed by atoms with Crippen LogP contribution in [-0.4, -0.2) is 68.5 Å². The van der Waals surface area contributed by atoms with Crippen LogP contribution in [0, 0.1) is 17.8 Å². The van der Waals surface area contributed by atoms with E-state index in [4.69, 9.17) is 18.9 Å². The van der Waals surface area contributed by atoms with Gasteiger partial charge in [-0.1, -0.05) is 71.9 Å². The van der Waals surface area contributed by atoms with E-state index in [0.717, 1.165) is 5.56 Å². The molecule has 0 spiro atoms. The van der Waals surface area contributed by atoms with E-state index in [-0.39, 0.29) is 63.4 Å². The van der Waals surface area contributed by atoms with E-state index in [0.29, 0.717) is 19.4 Å². The Bertz CT molecular complexity index is 1020. The zero-order valence-corrected chi connectivity index (χ0v) is 27.0. The van der Waals surface area contributed by atoms with Crippen LogP contribution in [0.4, 0.5) is 9.59 Å². The molecule has 3 N–H and O–H groups in total. The van der Waals surface area contributed by atoms with Crippen LogP contribution in [0.15, 0.2) is 30.3 Å². The fourth-order valence-electron chi connectivity index (χ4n) is 3.59. The van der Waals surface area contributed by atoms with E-state index in [1.807, 2.05) is 71.9 Å². The molecule has 1 rings (SSSR count). The number of hydrogen-bond acceptors (Lipinski definition) is 9. The van der Waals surface area contributed by atoms with Crippen LogP contribution in [0.2, 0.25) is 0 Å². The number of urea groups is 1. The Hall–Kier alpha value is -3.83. The second kappa shape index (κ2) is 21.8. The first-order chi connectivity index (χ1) is 20.9. The molecule has 0 fully saturated rings. The molecule has 0 bridgehead atoms. The van der Waals surface area contributed by atoms with E-state index in [1.165, 1.54) is 0 Å². The fraction of sp³-hybridized carbons (Fsp3) is 0.656. The summed E-state index contributed by atoms with van der Waals surface area (Å²) >= 11 is 0. The molecule has 0 aliphatic rings. The second-order valence-electron chi connectivity index (χ2n) is 11.9. The fourth-order valence-corrected chi connectivity index (χ4v) is 3.59. The molecule has 1 aromatic rings. The summed E-state index contributed by atoms with van der Waals surface area (Å²) in [4.78, 5) is 62.6. The minimum absolute atomic E-state index is 0.0320. The van der Waals surface area contributed by atoms with Crippen molar-refractivity contribution in [3.05, 3.63) is 35.9 Å². The zero-order valence-electron chi connectivity index (χ0n) is 27.0. The van der Waals surface area contributed by atoms with Crippen molar-refractivity contribution < 1.29 is 42.9 Å². The highest BCUT2D eigenvalue weighted by atomic mass is 16.6. The highest BCUT2D eigenvalue weighted by Crippen LogP contribution is 2.08. The number of nitrogens with one attached hydrogen (secondary N) is 3. The van der Waals surface area contributed by atoms with Crippen LogP contribution in [-0.2, 0) is 39.9 Å². The van der Waals surface area contributed by atoms with Gasteiger partial charge in [-0.15, -0.1) is 0 Å². The molecular weight excluding hydrogens is 570 g/mol. The van der Waals surface area contributed by atoms with E-state index < -0.39 is 42.1 Å². The number of carbonyl (C=O) groups excluding carboxylic acids is 5. The third-order valence-electron chi connectivity index (χ3n) is 5.91. The largest absolute Gasteiger partial charge is 0.465 e. The average molecular weight is 622 g/mol. The predicted molar refractivity (Wildman–Crippen MR) is 164 cm³/mol. The van der Waals surface area contributed by atoms with Crippen molar-refractivity contribution >= 4 is 30.0 Å². The minimum atomic E-state index is -1.13. The maximum atomic E-state index is 12.9. The highest BCUT2D eigenvalue weighted by Gasteiger charge is 2.27. The van der Waals surface area contributed by atoms with Gasteiger partial charge >= 0.3 is 30.0 Å². The van der Waals surface area contributed by atoms with Crippen molar-refractivity contribution in [2.45, 2.75) is 92.3 Å². The van der Waals surface area contributed by atoms with Crippen LogP contribution >= 0.6 is 0 Å². The van der Waals surface area contributed by atoms with Gasteiger partial charge in [-0.25, -0.2) is 19.2 Å². The van der Waals surface area contributed by atoms with Crippen LogP contribution in [0.5, 0.6) is 0 Å². The topological polar surface area (TPSA) is 158 Å². The number of esters is 3. The molecule has 248 valence electrons. The molecule has 0 aliphatic carbocycles. The number of amides is 3. The SMILES string of the molecule is CC(C)COC(=O)CCC(NC(=O)N[C@@H](CCCCNC(=O)OCc1ccccc1)C(=O)OCC(C)C)C(=O)OCC(C)C. The first-order valence-electron chi connectivity index (χ1n) is 15.4. The summed E-state index contributed by atoms with van der Waals surface area (Å²) in [6, 6.07) is 6.40. The number of ether oxygens (including phenoxy) is 4. The Morgan fingerprint density at radius 1 is 0.659 bits per heavy atom. The molecule has 0 radical (unpaired) electrons. The summed E-state index contributed by atoms with van der Waals surface area (Å²) in [5, 5.41) is 7.80. The van der Waals surface area contributed by atoms with Crippen molar-refractivity contribution in [2.75, 3.05) is 26.4 Å². The van der Waals surface area contributed by atoms with Crippen molar-refractivity contribution in [2.24, 2.45) is 17.8 Å². The van der Waals surface area contributed by atoms with Crippen molar-refractivity contribution in [3.63, 3.8) is 0 Å². The maximum absolute atomic E-state index is 12.9. The Labute approximate surface area is 261 Å². The molecule has 44 heavy (non-hydrogen) atoms. The average Bonchev–Trinajstić information content (AvgIpc) is 2.98. The summed E-state index contributed by atoms with van der Waals surface area (Å²) in [5.41, 5.74) is 0.872. The summed E-state index contributed by atoms with van der Waals surface area (Å²) < 4.78 is 21.0. The summed E-state index contributed by atoms with van der Waals surface area (Å²) in [5.74, 6) is -1.46. The lowest BCUT2D eigenvalue weighted by atomic mass is 10.1. The Morgan fingerprint density at radius 2 is 1.18 bits per heavy atom.